The lowest BCUT2D eigenvalue weighted by Gasteiger charge is -1.92. The van der Waals surface area contributed by atoms with Crippen molar-refractivity contribution in [3.63, 3.8) is 0 Å². The van der Waals surface area contributed by atoms with E-state index in [2.05, 4.69) is 4.98 Å². The van der Waals surface area contributed by atoms with Gasteiger partial charge in [-0.1, -0.05) is 23.9 Å². The molecule has 0 unspecified atom stereocenters. The van der Waals surface area contributed by atoms with Gasteiger partial charge in [0, 0.05) is 0 Å². The Hall–Kier alpha value is -2.01. The molecule has 0 radical (unpaired) electrons. The summed E-state index contributed by atoms with van der Waals surface area (Å²) in [6.45, 7) is 0. The van der Waals surface area contributed by atoms with Gasteiger partial charge in [0.15, 0.2) is 17.6 Å². The van der Waals surface area contributed by atoms with Crippen molar-refractivity contribution in [3.8, 4) is 0 Å². The van der Waals surface area contributed by atoms with Gasteiger partial charge in [-0.2, -0.15) is 0 Å². The second kappa shape index (κ2) is 4.70. The molecule has 3 rings (SSSR count). The van der Waals surface area contributed by atoms with E-state index in [9.17, 15) is 4.79 Å². The van der Waals surface area contributed by atoms with Crippen LogP contribution in [0.1, 0.15) is 16.3 Å². The highest BCUT2D eigenvalue weighted by Gasteiger charge is 2.07. The van der Waals surface area contributed by atoms with Crippen molar-refractivity contribution in [1.82, 2.24) is 4.98 Å². The van der Waals surface area contributed by atoms with Crippen LogP contribution in [-0.2, 0) is 5.75 Å². The molecule has 0 amide bonds. The fourth-order valence-electron chi connectivity index (χ4n) is 1.58. The maximum Gasteiger partial charge on any atom is 0.257 e. The summed E-state index contributed by atoms with van der Waals surface area (Å²) in [4.78, 5) is 14.8. The van der Waals surface area contributed by atoms with Crippen LogP contribution in [0.4, 0.5) is 0 Å². The van der Waals surface area contributed by atoms with Crippen LogP contribution in [0.15, 0.2) is 50.5 Å². The fourth-order valence-corrected chi connectivity index (χ4v) is 2.31. The Morgan fingerprint density at radius 1 is 1.17 bits per heavy atom. The zero-order valence-electron chi connectivity index (χ0n) is 9.33. The quantitative estimate of drug-likeness (QED) is 0.530. The first-order valence-electron chi connectivity index (χ1n) is 5.37. The molecule has 2 aromatic heterocycles. The van der Waals surface area contributed by atoms with Gasteiger partial charge in [-0.15, -0.1) is 0 Å². The molecule has 4 nitrogen and oxygen atoms in total. The van der Waals surface area contributed by atoms with Gasteiger partial charge in [0.05, 0.1) is 5.75 Å². The SMILES string of the molecule is O=Cc1ccc(CSc2nc3ccccc3o2)o1. The average molecular weight is 259 g/mol. The molecule has 90 valence electrons. The third-order valence-corrected chi connectivity index (χ3v) is 3.26. The molecule has 5 heteroatoms. The second-order valence-electron chi connectivity index (χ2n) is 3.66. The van der Waals surface area contributed by atoms with Crippen molar-refractivity contribution in [2.45, 2.75) is 11.0 Å². The Labute approximate surface area is 107 Å². The molecular formula is C13H9NO3S. The number of carbonyl (C=O) groups excluding carboxylic acids is 1. The van der Waals surface area contributed by atoms with E-state index in [0.29, 0.717) is 23.0 Å². The maximum atomic E-state index is 10.5. The first-order valence-corrected chi connectivity index (χ1v) is 6.36. The summed E-state index contributed by atoms with van der Waals surface area (Å²) in [6.07, 6.45) is 0.688. The lowest BCUT2D eigenvalue weighted by atomic mass is 10.3. The topological polar surface area (TPSA) is 56.2 Å². The molecule has 0 saturated heterocycles. The van der Waals surface area contributed by atoms with Crippen molar-refractivity contribution < 1.29 is 13.6 Å². The van der Waals surface area contributed by atoms with Gasteiger partial charge in [-0.3, -0.25) is 4.79 Å². The summed E-state index contributed by atoms with van der Waals surface area (Å²) in [5, 5.41) is 0.597. The lowest BCUT2D eigenvalue weighted by Crippen LogP contribution is -1.76. The van der Waals surface area contributed by atoms with E-state index >= 15 is 0 Å². The first kappa shape index (κ1) is 11.1. The Morgan fingerprint density at radius 2 is 2.06 bits per heavy atom. The minimum atomic E-state index is 0.336. The number of rotatable bonds is 4. The number of aromatic nitrogens is 1. The molecule has 0 spiro atoms. The number of hydrogen-bond donors (Lipinski definition) is 0. The van der Waals surface area contributed by atoms with Crippen molar-refractivity contribution in [2.75, 3.05) is 0 Å². The standard InChI is InChI=1S/C13H9NO3S/c15-7-9-5-6-10(16-9)8-18-13-14-11-3-1-2-4-12(11)17-13/h1-7H,8H2. The zero-order chi connectivity index (χ0) is 12.4. The molecule has 0 aliphatic heterocycles. The molecule has 1 aromatic carbocycles. The van der Waals surface area contributed by atoms with E-state index in [1.54, 1.807) is 12.1 Å². The van der Waals surface area contributed by atoms with Crippen LogP contribution in [0.2, 0.25) is 0 Å². The van der Waals surface area contributed by atoms with E-state index in [0.717, 1.165) is 16.9 Å². The van der Waals surface area contributed by atoms with Gasteiger partial charge < -0.3 is 8.83 Å². The molecule has 18 heavy (non-hydrogen) atoms. The predicted octanol–water partition coefficient (Wildman–Crippen LogP) is 3.53. The van der Waals surface area contributed by atoms with Crippen LogP contribution in [0.25, 0.3) is 11.1 Å². The van der Waals surface area contributed by atoms with Gasteiger partial charge in [-0.25, -0.2) is 4.98 Å². The number of aldehydes is 1. The summed E-state index contributed by atoms with van der Waals surface area (Å²) < 4.78 is 10.8. The summed E-state index contributed by atoms with van der Waals surface area (Å²) in [7, 11) is 0. The highest BCUT2D eigenvalue weighted by atomic mass is 32.2. The van der Waals surface area contributed by atoms with Crippen LogP contribution in [0.3, 0.4) is 0 Å². The molecule has 0 aliphatic rings. The predicted molar refractivity (Wildman–Crippen MR) is 67.7 cm³/mol. The van der Waals surface area contributed by atoms with Crippen molar-refractivity contribution in [3.05, 3.63) is 47.9 Å². The van der Waals surface area contributed by atoms with Gasteiger partial charge >= 0.3 is 0 Å². The molecule has 2 heterocycles. The van der Waals surface area contributed by atoms with Gasteiger partial charge in [-0.05, 0) is 24.3 Å². The third-order valence-electron chi connectivity index (χ3n) is 2.41. The van der Waals surface area contributed by atoms with Gasteiger partial charge in [0.25, 0.3) is 5.22 Å². The summed E-state index contributed by atoms with van der Waals surface area (Å²) in [6, 6.07) is 11.0. The monoisotopic (exact) mass is 259 g/mol. The van der Waals surface area contributed by atoms with Crippen LogP contribution >= 0.6 is 11.8 Å². The van der Waals surface area contributed by atoms with E-state index < -0.39 is 0 Å². The highest BCUT2D eigenvalue weighted by Crippen LogP contribution is 2.26. The Morgan fingerprint density at radius 3 is 2.83 bits per heavy atom. The number of para-hydroxylation sites is 2. The molecule has 0 aliphatic carbocycles. The van der Waals surface area contributed by atoms with E-state index in [4.69, 9.17) is 8.83 Å². The summed E-state index contributed by atoms with van der Waals surface area (Å²) in [5.74, 6) is 1.65. The third kappa shape index (κ3) is 2.17. The first-order chi connectivity index (χ1) is 8.85. The maximum absolute atomic E-state index is 10.5. The Balaban J connectivity index is 1.74. The normalized spacial score (nSPS) is 10.9. The largest absolute Gasteiger partial charge is 0.457 e. The Kier molecular flexibility index (Phi) is 2.90. The number of hydrogen-bond acceptors (Lipinski definition) is 5. The Bertz CT molecular complexity index is 653. The van der Waals surface area contributed by atoms with E-state index in [-0.39, 0.29) is 0 Å². The smallest absolute Gasteiger partial charge is 0.257 e. The number of benzene rings is 1. The molecule has 0 N–H and O–H groups in total. The van der Waals surface area contributed by atoms with Crippen LogP contribution in [-0.4, -0.2) is 11.3 Å². The molecule has 0 bridgehead atoms. The minimum Gasteiger partial charge on any atom is -0.457 e. The molecule has 0 atom stereocenters. The van der Waals surface area contributed by atoms with Crippen molar-refractivity contribution in [1.29, 1.82) is 0 Å². The summed E-state index contributed by atoms with van der Waals surface area (Å²) in [5.41, 5.74) is 1.61. The van der Waals surface area contributed by atoms with Crippen molar-refractivity contribution in [2.24, 2.45) is 0 Å². The number of carbonyl (C=O) groups is 1. The second-order valence-corrected chi connectivity index (χ2v) is 4.58. The van der Waals surface area contributed by atoms with Crippen LogP contribution < -0.4 is 0 Å². The molecular weight excluding hydrogens is 250 g/mol. The highest BCUT2D eigenvalue weighted by molar-refractivity contribution is 7.98. The van der Waals surface area contributed by atoms with Gasteiger partial charge in [0.2, 0.25) is 0 Å². The van der Waals surface area contributed by atoms with Crippen molar-refractivity contribution >= 4 is 29.1 Å². The number of thioether (sulfide) groups is 1. The fraction of sp³-hybridized carbons (Fsp3) is 0.0769. The number of nitrogens with zero attached hydrogens (tertiary/aromatic N) is 1. The van der Waals surface area contributed by atoms with E-state index in [1.807, 2.05) is 24.3 Å². The number of fused-ring (bicyclic) bond motifs is 1. The number of oxazole rings is 1. The molecule has 3 aromatic rings. The number of furan rings is 1. The minimum absolute atomic E-state index is 0.336. The van der Waals surface area contributed by atoms with Crippen LogP contribution in [0.5, 0.6) is 0 Å². The summed E-state index contributed by atoms with van der Waals surface area (Å²) >= 11 is 1.44. The molecule has 0 saturated carbocycles. The lowest BCUT2D eigenvalue weighted by molar-refractivity contribution is 0.109. The average Bonchev–Trinajstić information content (AvgIpc) is 3.02. The van der Waals surface area contributed by atoms with Gasteiger partial charge in [0.1, 0.15) is 11.3 Å². The molecule has 0 fully saturated rings. The zero-order valence-corrected chi connectivity index (χ0v) is 10.1. The van der Waals surface area contributed by atoms with E-state index in [1.165, 1.54) is 11.8 Å². The van der Waals surface area contributed by atoms with Crippen LogP contribution in [0, 0.1) is 0 Å².